The second kappa shape index (κ2) is 4.63. The molecule has 3 heteroatoms. The fourth-order valence-electron chi connectivity index (χ4n) is 1.18. The summed E-state index contributed by atoms with van der Waals surface area (Å²) >= 11 is 1.50. The summed E-state index contributed by atoms with van der Waals surface area (Å²) in [5.74, 6) is 0.697. The SMILES string of the molecule is CCSc1c(F)cccc1[C@@H](C)N. The lowest BCUT2D eigenvalue weighted by molar-refractivity contribution is 0.591. The highest BCUT2D eigenvalue weighted by atomic mass is 32.2. The number of nitrogens with two attached hydrogens (primary N) is 1. The van der Waals surface area contributed by atoms with Crippen LogP contribution in [-0.2, 0) is 0 Å². The number of rotatable bonds is 3. The summed E-state index contributed by atoms with van der Waals surface area (Å²) in [7, 11) is 0. The molecular formula is C10H14FNS. The molecule has 0 saturated heterocycles. The van der Waals surface area contributed by atoms with E-state index in [1.165, 1.54) is 17.8 Å². The van der Waals surface area contributed by atoms with E-state index in [1.807, 2.05) is 19.9 Å². The molecule has 0 saturated carbocycles. The van der Waals surface area contributed by atoms with Crippen molar-refractivity contribution in [2.24, 2.45) is 5.73 Å². The van der Waals surface area contributed by atoms with Crippen molar-refractivity contribution in [3.8, 4) is 0 Å². The molecule has 1 nitrogen and oxygen atoms in total. The number of hydrogen-bond acceptors (Lipinski definition) is 2. The van der Waals surface area contributed by atoms with Crippen LogP contribution in [-0.4, -0.2) is 5.75 Å². The molecule has 0 heterocycles. The molecule has 2 N–H and O–H groups in total. The van der Waals surface area contributed by atoms with Gasteiger partial charge in [0.2, 0.25) is 0 Å². The van der Waals surface area contributed by atoms with E-state index in [9.17, 15) is 4.39 Å². The highest BCUT2D eigenvalue weighted by Gasteiger charge is 2.10. The van der Waals surface area contributed by atoms with Gasteiger partial charge >= 0.3 is 0 Å². The van der Waals surface area contributed by atoms with Crippen LogP contribution in [0.25, 0.3) is 0 Å². The second-order valence-electron chi connectivity index (χ2n) is 2.88. The molecule has 0 fully saturated rings. The maximum Gasteiger partial charge on any atom is 0.137 e. The molecule has 0 unspecified atom stereocenters. The van der Waals surface area contributed by atoms with E-state index in [1.54, 1.807) is 6.07 Å². The molecule has 1 rings (SSSR count). The first-order chi connectivity index (χ1) is 6.16. The van der Waals surface area contributed by atoms with Crippen LogP contribution in [0.4, 0.5) is 4.39 Å². The minimum atomic E-state index is -0.165. The normalized spacial score (nSPS) is 12.9. The summed E-state index contributed by atoms with van der Waals surface area (Å²) in [5, 5.41) is 0. The zero-order chi connectivity index (χ0) is 9.84. The lowest BCUT2D eigenvalue weighted by Gasteiger charge is -2.11. The molecule has 0 radical (unpaired) electrons. The first-order valence-electron chi connectivity index (χ1n) is 4.33. The first-order valence-corrected chi connectivity index (χ1v) is 5.32. The standard InChI is InChI=1S/C10H14FNS/c1-3-13-10-8(7(2)12)5-4-6-9(10)11/h4-7H,3,12H2,1-2H3/t7-/m1/s1. The van der Waals surface area contributed by atoms with Gasteiger partial charge in [0.15, 0.2) is 0 Å². The van der Waals surface area contributed by atoms with Crippen LogP contribution >= 0.6 is 11.8 Å². The van der Waals surface area contributed by atoms with E-state index < -0.39 is 0 Å². The van der Waals surface area contributed by atoms with Gasteiger partial charge < -0.3 is 5.73 Å². The van der Waals surface area contributed by atoms with Gasteiger partial charge in [0.1, 0.15) is 5.82 Å². The molecule has 0 bridgehead atoms. The van der Waals surface area contributed by atoms with Gasteiger partial charge in [-0.2, -0.15) is 0 Å². The van der Waals surface area contributed by atoms with Gasteiger partial charge in [0.25, 0.3) is 0 Å². The molecule has 72 valence electrons. The number of halogens is 1. The Morgan fingerprint density at radius 3 is 2.77 bits per heavy atom. The van der Waals surface area contributed by atoms with E-state index in [4.69, 9.17) is 5.73 Å². The molecule has 1 atom stereocenters. The Morgan fingerprint density at radius 2 is 2.23 bits per heavy atom. The third-order valence-electron chi connectivity index (χ3n) is 1.78. The molecule has 0 aliphatic heterocycles. The molecule has 1 aromatic rings. The third kappa shape index (κ3) is 2.45. The Labute approximate surface area is 82.5 Å². The van der Waals surface area contributed by atoms with Gasteiger partial charge in [0, 0.05) is 10.9 Å². The summed E-state index contributed by atoms with van der Waals surface area (Å²) in [6.45, 7) is 3.87. The molecule has 13 heavy (non-hydrogen) atoms. The maximum atomic E-state index is 13.3. The Balaban J connectivity index is 3.09. The maximum absolute atomic E-state index is 13.3. The quantitative estimate of drug-likeness (QED) is 0.757. The molecule has 0 aliphatic rings. The highest BCUT2D eigenvalue weighted by Crippen LogP contribution is 2.28. The molecular weight excluding hydrogens is 185 g/mol. The summed E-state index contributed by atoms with van der Waals surface area (Å²) in [5.41, 5.74) is 6.63. The molecule has 1 aromatic carbocycles. The monoisotopic (exact) mass is 199 g/mol. The predicted molar refractivity (Wildman–Crippen MR) is 55.4 cm³/mol. The van der Waals surface area contributed by atoms with Gasteiger partial charge in [-0.3, -0.25) is 0 Å². The smallest absolute Gasteiger partial charge is 0.137 e. The zero-order valence-electron chi connectivity index (χ0n) is 7.88. The minimum absolute atomic E-state index is 0.107. The van der Waals surface area contributed by atoms with Crippen molar-refractivity contribution in [3.63, 3.8) is 0 Å². The molecule has 0 spiro atoms. The largest absolute Gasteiger partial charge is 0.324 e. The predicted octanol–water partition coefficient (Wildman–Crippen LogP) is 2.96. The molecule has 0 aliphatic carbocycles. The van der Waals surface area contributed by atoms with Crippen LogP contribution in [0.3, 0.4) is 0 Å². The van der Waals surface area contributed by atoms with E-state index in [0.717, 1.165) is 11.3 Å². The lowest BCUT2D eigenvalue weighted by atomic mass is 10.1. The highest BCUT2D eigenvalue weighted by molar-refractivity contribution is 7.99. The van der Waals surface area contributed by atoms with E-state index >= 15 is 0 Å². The van der Waals surface area contributed by atoms with Crippen LogP contribution in [0.5, 0.6) is 0 Å². The van der Waals surface area contributed by atoms with Gasteiger partial charge in [-0.05, 0) is 24.3 Å². The zero-order valence-corrected chi connectivity index (χ0v) is 8.70. The summed E-state index contributed by atoms with van der Waals surface area (Å²) < 4.78 is 13.3. The van der Waals surface area contributed by atoms with Crippen LogP contribution in [0.2, 0.25) is 0 Å². The fourth-order valence-corrected chi connectivity index (χ4v) is 2.10. The average Bonchev–Trinajstić information content (AvgIpc) is 2.08. The molecule has 0 aromatic heterocycles. The second-order valence-corrected chi connectivity index (χ2v) is 4.15. The number of thioether (sulfide) groups is 1. The van der Waals surface area contributed by atoms with Gasteiger partial charge in [-0.25, -0.2) is 4.39 Å². The lowest BCUT2D eigenvalue weighted by Crippen LogP contribution is -2.07. The van der Waals surface area contributed by atoms with E-state index in [0.29, 0.717) is 4.90 Å². The van der Waals surface area contributed by atoms with Crippen molar-refractivity contribution in [3.05, 3.63) is 29.6 Å². The van der Waals surface area contributed by atoms with Crippen molar-refractivity contribution in [1.82, 2.24) is 0 Å². The Bertz CT molecular complexity index is 286. The number of hydrogen-bond donors (Lipinski definition) is 1. The van der Waals surface area contributed by atoms with E-state index in [2.05, 4.69) is 0 Å². The van der Waals surface area contributed by atoms with Crippen LogP contribution in [0.1, 0.15) is 25.5 Å². The topological polar surface area (TPSA) is 26.0 Å². The van der Waals surface area contributed by atoms with Crippen LogP contribution < -0.4 is 5.73 Å². The van der Waals surface area contributed by atoms with Crippen molar-refractivity contribution in [2.75, 3.05) is 5.75 Å². The first kappa shape index (κ1) is 10.5. The van der Waals surface area contributed by atoms with Crippen molar-refractivity contribution in [1.29, 1.82) is 0 Å². The van der Waals surface area contributed by atoms with Crippen LogP contribution in [0, 0.1) is 5.82 Å². The van der Waals surface area contributed by atoms with Crippen molar-refractivity contribution < 1.29 is 4.39 Å². The van der Waals surface area contributed by atoms with Gasteiger partial charge in [-0.1, -0.05) is 19.1 Å². The Hall–Kier alpha value is -0.540. The van der Waals surface area contributed by atoms with Gasteiger partial charge in [0.05, 0.1) is 0 Å². The Kier molecular flexibility index (Phi) is 3.75. The van der Waals surface area contributed by atoms with Crippen molar-refractivity contribution in [2.45, 2.75) is 24.8 Å². The minimum Gasteiger partial charge on any atom is -0.324 e. The Morgan fingerprint density at radius 1 is 1.54 bits per heavy atom. The molecule has 0 amide bonds. The number of benzene rings is 1. The summed E-state index contributed by atoms with van der Waals surface area (Å²) in [6.07, 6.45) is 0. The fraction of sp³-hybridized carbons (Fsp3) is 0.400. The average molecular weight is 199 g/mol. The summed E-state index contributed by atoms with van der Waals surface area (Å²) in [4.78, 5) is 0.694. The van der Waals surface area contributed by atoms with Crippen LogP contribution in [0.15, 0.2) is 23.1 Å². The van der Waals surface area contributed by atoms with E-state index in [-0.39, 0.29) is 11.9 Å². The van der Waals surface area contributed by atoms with Gasteiger partial charge in [-0.15, -0.1) is 11.8 Å². The van der Waals surface area contributed by atoms with Crippen molar-refractivity contribution >= 4 is 11.8 Å². The summed E-state index contributed by atoms with van der Waals surface area (Å²) in [6, 6.07) is 4.95. The third-order valence-corrected chi connectivity index (χ3v) is 2.78.